The topological polar surface area (TPSA) is 53.9 Å². The molecule has 1 N–H and O–H groups in total. The van der Waals surface area contributed by atoms with E-state index in [0.29, 0.717) is 5.92 Å². The van der Waals surface area contributed by atoms with E-state index in [1.807, 2.05) is 25.1 Å². The van der Waals surface area contributed by atoms with Crippen molar-refractivity contribution in [2.24, 2.45) is 11.8 Å². The van der Waals surface area contributed by atoms with Crippen LogP contribution in [0.2, 0.25) is 0 Å². The molecule has 0 saturated carbocycles. The van der Waals surface area contributed by atoms with Gasteiger partial charge in [0.1, 0.15) is 5.82 Å². The minimum atomic E-state index is 0.695. The van der Waals surface area contributed by atoms with Crippen molar-refractivity contribution in [1.29, 1.82) is 0 Å². The second-order valence-corrected chi connectivity index (χ2v) is 7.15. The van der Waals surface area contributed by atoms with Crippen LogP contribution in [0.3, 0.4) is 0 Å². The first-order valence-corrected chi connectivity index (χ1v) is 8.82. The van der Waals surface area contributed by atoms with E-state index in [1.54, 1.807) is 12.4 Å². The Balaban J connectivity index is 1.61. The van der Waals surface area contributed by atoms with Gasteiger partial charge in [0.2, 0.25) is 0 Å². The molecule has 3 heterocycles. The zero-order valence-electron chi connectivity index (χ0n) is 14.9. The highest BCUT2D eigenvalue weighted by molar-refractivity contribution is 5.56. The third-order valence-electron chi connectivity index (χ3n) is 4.34. The third-order valence-corrected chi connectivity index (χ3v) is 4.34. The van der Waals surface area contributed by atoms with Crippen LogP contribution in [0.4, 0.5) is 5.82 Å². The molecule has 3 rings (SSSR count). The molecular weight excluding hydrogens is 298 g/mol. The summed E-state index contributed by atoms with van der Waals surface area (Å²) < 4.78 is 0. The molecule has 1 fully saturated rings. The first-order valence-electron chi connectivity index (χ1n) is 8.82. The van der Waals surface area contributed by atoms with E-state index in [0.717, 1.165) is 35.4 Å². The van der Waals surface area contributed by atoms with Gasteiger partial charge in [-0.25, -0.2) is 9.97 Å². The largest absolute Gasteiger partial charge is 0.370 e. The number of nitrogens with zero attached hydrogens (tertiary/aromatic N) is 4. The van der Waals surface area contributed by atoms with E-state index in [9.17, 15) is 0 Å². The Hall–Kier alpha value is -2.01. The number of likely N-dealkylation sites (tertiary alicyclic amines) is 1. The van der Waals surface area contributed by atoms with E-state index >= 15 is 0 Å². The molecule has 2 aromatic heterocycles. The van der Waals surface area contributed by atoms with Crippen LogP contribution in [0.15, 0.2) is 30.6 Å². The van der Waals surface area contributed by atoms with Gasteiger partial charge in [0.05, 0.1) is 0 Å². The Bertz CT molecular complexity index is 656. The lowest BCUT2D eigenvalue weighted by atomic mass is 10.1. The standard InChI is InChI=1S/C19H27N5/c1-14(2)12-24-8-6-16(13-24)10-21-18-9-15(3)22-19(23-18)17-5-4-7-20-11-17/h4-5,7,9,11,14,16H,6,8,10,12-13H2,1-3H3,(H,21,22,23). The summed E-state index contributed by atoms with van der Waals surface area (Å²) in [4.78, 5) is 15.9. The van der Waals surface area contributed by atoms with Gasteiger partial charge in [0.15, 0.2) is 5.82 Å². The van der Waals surface area contributed by atoms with E-state index in [4.69, 9.17) is 0 Å². The maximum Gasteiger partial charge on any atom is 0.163 e. The Morgan fingerprint density at radius 3 is 2.96 bits per heavy atom. The van der Waals surface area contributed by atoms with Crippen molar-refractivity contribution in [3.63, 3.8) is 0 Å². The summed E-state index contributed by atoms with van der Waals surface area (Å²) in [6.07, 6.45) is 4.83. The van der Waals surface area contributed by atoms with E-state index in [-0.39, 0.29) is 0 Å². The highest BCUT2D eigenvalue weighted by Crippen LogP contribution is 2.20. The molecule has 5 heteroatoms. The number of rotatable bonds is 6. The molecule has 0 aliphatic carbocycles. The maximum absolute atomic E-state index is 4.66. The highest BCUT2D eigenvalue weighted by atomic mass is 15.2. The van der Waals surface area contributed by atoms with Crippen molar-refractivity contribution in [2.75, 3.05) is 31.5 Å². The van der Waals surface area contributed by atoms with Crippen molar-refractivity contribution in [2.45, 2.75) is 27.2 Å². The van der Waals surface area contributed by atoms with Gasteiger partial charge in [0.25, 0.3) is 0 Å². The Labute approximate surface area is 144 Å². The summed E-state index contributed by atoms with van der Waals surface area (Å²) >= 11 is 0. The van der Waals surface area contributed by atoms with E-state index in [1.165, 1.54) is 26.1 Å². The summed E-state index contributed by atoms with van der Waals surface area (Å²) in [5, 5.41) is 3.51. The molecule has 1 atom stereocenters. The van der Waals surface area contributed by atoms with E-state index < -0.39 is 0 Å². The molecule has 1 saturated heterocycles. The zero-order valence-corrected chi connectivity index (χ0v) is 14.9. The fourth-order valence-corrected chi connectivity index (χ4v) is 3.29. The van der Waals surface area contributed by atoms with Crippen LogP contribution < -0.4 is 5.32 Å². The van der Waals surface area contributed by atoms with Crippen LogP contribution in [-0.2, 0) is 0 Å². The van der Waals surface area contributed by atoms with Gasteiger partial charge in [-0.3, -0.25) is 4.98 Å². The normalized spacial score (nSPS) is 18.2. The summed E-state index contributed by atoms with van der Waals surface area (Å²) in [6, 6.07) is 5.92. The molecule has 1 unspecified atom stereocenters. The van der Waals surface area contributed by atoms with Crippen molar-refractivity contribution < 1.29 is 0 Å². The first kappa shape index (κ1) is 16.8. The molecule has 1 aliphatic rings. The predicted octanol–water partition coefficient (Wildman–Crippen LogP) is 3.24. The molecule has 0 amide bonds. The van der Waals surface area contributed by atoms with E-state index in [2.05, 4.69) is 39.0 Å². The highest BCUT2D eigenvalue weighted by Gasteiger charge is 2.22. The van der Waals surface area contributed by atoms with Gasteiger partial charge >= 0.3 is 0 Å². The van der Waals surface area contributed by atoms with Crippen molar-refractivity contribution in [3.8, 4) is 11.4 Å². The monoisotopic (exact) mass is 325 g/mol. The first-order chi connectivity index (χ1) is 11.6. The average molecular weight is 325 g/mol. The van der Waals surface area contributed by atoms with Gasteiger partial charge in [-0.05, 0) is 43.9 Å². The number of hydrogen-bond donors (Lipinski definition) is 1. The van der Waals surface area contributed by atoms with Crippen LogP contribution in [0, 0.1) is 18.8 Å². The number of hydrogen-bond acceptors (Lipinski definition) is 5. The van der Waals surface area contributed by atoms with Crippen molar-refractivity contribution >= 4 is 5.82 Å². The minimum Gasteiger partial charge on any atom is -0.370 e. The number of pyridine rings is 1. The molecule has 0 spiro atoms. The van der Waals surface area contributed by atoms with Gasteiger partial charge in [-0.2, -0.15) is 0 Å². The van der Waals surface area contributed by atoms with Crippen LogP contribution in [-0.4, -0.2) is 46.0 Å². The summed E-state index contributed by atoms with van der Waals surface area (Å²) in [6.45, 7) is 11.2. The number of aromatic nitrogens is 3. The van der Waals surface area contributed by atoms with Crippen molar-refractivity contribution in [3.05, 3.63) is 36.3 Å². The Morgan fingerprint density at radius 2 is 2.21 bits per heavy atom. The number of aryl methyl sites for hydroxylation is 1. The Kier molecular flexibility index (Phi) is 5.41. The van der Waals surface area contributed by atoms with Gasteiger partial charge in [-0.15, -0.1) is 0 Å². The second-order valence-electron chi connectivity index (χ2n) is 7.15. The molecule has 5 nitrogen and oxygen atoms in total. The van der Waals surface area contributed by atoms with Gasteiger partial charge < -0.3 is 10.2 Å². The lowest BCUT2D eigenvalue weighted by Crippen LogP contribution is -2.26. The maximum atomic E-state index is 4.66. The predicted molar refractivity (Wildman–Crippen MR) is 97.9 cm³/mol. The van der Waals surface area contributed by atoms with Crippen LogP contribution >= 0.6 is 0 Å². The lowest BCUT2D eigenvalue weighted by molar-refractivity contribution is 0.289. The SMILES string of the molecule is Cc1cc(NCC2CCN(CC(C)C)C2)nc(-c2cccnc2)n1. The van der Waals surface area contributed by atoms with Crippen molar-refractivity contribution in [1.82, 2.24) is 19.9 Å². The fraction of sp³-hybridized carbons (Fsp3) is 0.526. The number of anilines is 1. The van der Waals surface area contributed by atoms with Gasteiger partial charge in [0, 0.05) is 49.4 Å². The molecule has 0 aromatic carbocycles. The molecule has 0 radical (unpaired) electrons. The van der Waals surface area contributed by atoms with Crippen LogP contribution in [0.25, 0.3) is 11.4 Å². The van der Waals surface area contributed by atoms with Crippen LogP contribution in [0.1, 0.15) is 26.0 Å². The average Bonchev–Trinajstić information content (AvgIpc) is 3.00. The Morgan fingerprint density at radius 1 is 1.33 bits per heavy atom. The summed E-state index contributed by atoms with van der Waals surface area (Å²) in [7, 11) is 0. The quantitative estimate of drug-likeness (QED) is 0.883. The zero-order chi connectivity index (χ0) is 16.9. The lowest BCUT2D eigenvalue weighted by Gasteiger charge is -2.18. The summed E-state index contributed by atoms with van der Waals surface area (Å²) in [5.74, 6) is 3.08. The molecule has 0 bridgehead atoms. The smallest absolute Gasteiger partial charge is 0.163 e. The molecule has 2 aromatic rings. The fourth-order valence-electron chi connectivity index (χ4n) is 3.29. The molecule has 24 heavy (non-hydrogen) atoms. The number of nitrogens with one attached hydrogen (secondary N) is 1. The molecular formula is C19H27N5. The minimum absolute atomic E-state index is 0.695. The molecule has 128 valence electrons. The third kappa shape index (κ3) is 4.51. The molecule has 1 aliphatic heterocycles. The summed E-state index contributed by atoms with van der Waals surface area (Å²) in [5.41, 5.74) is 1.92. The van der Waals surface area contributed by atoms with Crippen LogP contribution in [0.5, 0.6) is 0 Å². The van der Waals surface area contributed by atoms with Gasteiger partial charge in [-0.1, -0.05) is 13.8 Å². The second kappa shape index (κ2) is 7.71.